The number of benzene rings is 2. The van der Waals surface area contributed by atoms with Crippen molar-refractivity contribution in [2.75, 3.05) is 0 Å². The van der Waals surface area contributed by atoms with Crippen LogP contribution in [0.25, 0.3) is 0 Å². The molecule has 3 heteroatoms. The first-order valence-electron chi connectivity index (χ1n) is 5.34. The van der Waals surface area contributed by atoms with Gasteiger partial charge in [0.2, 0.25) is 0 Å². The van der Waals surface area contributed by atoms with E-state index in [-0.39, 0.29) is 11.5 Å². The van der Waals surface area contributed by atoms with Gasteiger partial charge in [-0.05, 0) is 37.1 Å². The first-order chi connectivity index (χ1) is 8.08. The first-order valence-corrected chi connectivity index (χ1v) is 5.34. The maximum absolute atomic E-state index is 9.80. The standard InChI is InChI=1S/C14H14O3/c1-9-6-7-11(8-12(9)15)17-13-5-3-4-10(2)14(13)16/h3-8,15-16H,1-2H3. The fraction of sp³-hybridized carbons (Fsp3) is 0.143. The van der Waals surface area contributed by atoms with E-state index in [4.69, 9.17) is 4.74 Å². The summed E-state index contributed by atoms with van der Waals surface area (Å²) in [7, 11) is 0. The average molecular weight is 230 g/mol. The SMILES string of the molecule is Cc1ccc(Oc2cccc(C)c2O)cc1O. The van der Waals surface area contributed by atoms with Crippen LogP contribution >= 0.6 is 0 Å². The highest BCUT2D eigenvalue weighted by atomic mass is 16.5. The molecule has 88 valence electrons. The third-order valence-electron chi connectivity index (χ3n) is 2.61. The molecule has 0 fully saturated rings. The van der Waals surface area contributed by atoms with Gasteiger partial charge in [-0.3, -0.25) is 0 Å². The number of phenols is 2. The minimum absolute atomic E-state index is 0.118. The fourth-order valence-electron chi connectivity index (χ4n) is 1.49. The van der Waals surface area contributed by atoms with E-state index in [1.165, 1.54) is 6.07 Å². The molecule has 0 spiro atoms. The zero-order chi connectivity index (χ0) is 12.4. The second-order valence-electron chi connectivity index (χ2n) is 3.97. The molecule has 0 unspecified atom stereocenters. The van der Waals surface area contributed by atoms with Crippen LogP contribution in [0.2, 0.25) is 0 Å². The smallest absolute Gasteiger partial charge is 0.169 e. The summed E-state index contributed by atoms with van der Waals surface area (Å²) in [5, 5.41) is 19.4. The van der Waals surface area contributed by atoms with E-state index in [0.717, 1.165) is 11.1 Å². The number of rotatable bonds is 2. The number of aryl methyl sites for hydroxylation is 2. The van der Waals surface area contributed by atoms with Gasteiger partial charge in [0.15, 0.2) is 11.5 Å². The highest BCUT2D eigenvalue weighted by Gasteiger charge is 2.07. The van der Waals surface area contributed by atoms with Crippen molar-refractivity contribution in [2.24, 2.45) is 0 Å². The van der Waals surface area contributed by atoms with Crippen LogP contribution in [0.3, 0.4) is 0 Å². The molecule has 0 saturated heterocycles. The number of ether oxygens (including phenoxy) is 1. The van der Waals surface area contributed by atoms with Crippen molar-refractivity contribution in [2.45, 2.75) is 13.8 Å². The third kappa shape index (κ3) is 2.33. The van der Waals surface area contributed by atoms with Crippen LogP contribution in [0.5, 0.6) is 23.0 Å². The van der Waals surface area contributed by atoms with Crippen LogP contribution in [0.4, 0.5) is 0 Å². The van der Waals surface area contributed by atoms with E-state index < -0.39 is 0 Å². The van der Waals surface area contributed by atoms with Gasteiger partial charge in [0, 0.05) is 6.07 Å². The summed E-state index contributed by atoms with van der Waals surface area (Å²) in [6.07, 6.45) is 0. The molecule has 0 radical (unpaired) electrons. The monoisotopic (exact) mass is 230 g/mol. The lowest BCUT2D eigenvalue weighted by molar-refractivity contribution is 0.405. The second-order valence-corrected chi connectivity index (χ2v) is 3.97. The lowest BCUT2D eigenvalue weighted by Gasteiger charge is -2.10. The molecular weight excluding hydrogens is 216 g/mol. The lowest BCUT2D eigenvalue weighted by Crippen LogP contribution is -1.87. The summed E-state index contributed by atoms with van der Waals surface area (Å²) >= 11 is 0. The molecule has 2 N–H and O–H groups in total. The minimum atomic E-state index is 0.118. The van der Waals surface area contributed by atoms with Crippen LogP contribution in [0, 0.1) is 13.8 Å². The van der Waals surface area contributed by atoms with Crippen molar-refractivity contribution in [3.63, 3.8) is 0 Å². The van der Waals surface area contributed by atoms with Gasteiger partial charge in [-0.2, -0.15) is 0 Å². The Morgan fingerprint density at radius 1 is 0.941 bits per heavy atom. The van der Waals surface area contributed by atoms with Crippen LogP contribution in [0.15, 0.2) is 36.4 Å². The van der Waals surface area contributed by atoms with E-state index in [0.29, 0.717) is 11.5 Å². The Balaban J connectivity index is 2.31. The molecule has 0 aromatic heterocycles. The third-order valence-corrected chi connectivity index (χ3v) is 2.61. The molecule has 0 heterocycles. The van der Waals surface area contributed by atoms with Crippen molar-refractivity contribution < 1.29 is 14.9 Å². The van der Waals surface area contributed by atoms with E-state index in [1.54, 1.807) is 37.3 Å². The van der Waals surface area contributed by atoms with Crippen molar-refractivity contribution in [3.8, 4) is 23.0 Å². The van der Waals surface area contributed by atoms with Crippen molar-refractivity contribution in [3.05, 3.63) is 47.5 Å². The summed E-state index contributed by atoms with van der Waals surface area (Å²) in [4.78, 5) is 0. The van der Waals surface area contributed by atoms with Crippen molar-refractivity contribution in [1.82, 2.24) is 0 Å². The second kappa shape index (κ2) is 4.37. The highest BCUT2D eigenvalue weighted by molar-refractivity contribution is 5.48. The Kier molecular flexibility index (Phi) is 2.91. The number of phenolic OH excluding ortho intramolecular Hbond substituents is 2. The highest BCUT2D eigenvalue weighted by Crippen LogP contribution is 2.34. The van der Waals surface area contributed by atoms with Crippen molar-refractivity contribution in [1.29, 1.82) is 0 Å². The largest absolute Gasteiger partial charge is 0.508 e. The summed E-state index contributed by atoms with van der Waals surface area (Å²) in [6, 6.07) is 10.3. The van der Waals surface area contributed by atoms with Gasteiger partial charge in [-0.15, -0.1) is 0 Å². The normalized spacial score (nSPS) is 10.2. The Hall–Kier alpha value is -2.16. The minimum Gasteiger partial charge on any atom is -0.508 e. The maximum Gasteiger partial charge on any atom is 0.169 e. The van der Waals surface area contributed by atoms with Gasteiger partial charge in [-0.25, -0.2) is 0 Å². The number of hydrogen-bond donors (Lipinski definition) is 2. The van der Waals surface area contributed by atoms with E-state index in [9.17, 15) is 10.2 Å². The molecule has 0 aliphatic carbocycles. The molecule has 2 rings (SSSR count). The Morgan fingerprint density at radius 3 is 2.41 bits per heavy atom. The Morgan fingerprint density at radius 2 is 1.71 bits per heavy atom. The van der Waals surface area contributed by atoms with Gasteiger partial charge in [0.1, 0.15) is 11.5 Å². The summed E-state index contributed by atoms with van der Waals surface area (Å²) in [5.74, 6) is 1.17. The first kappa shape index (κ1) is 11.3. The van der Waals surface area contributed by atoms with Crippen molar-refractivity contribution >= 4 is 0 Å². The van der Waals surface area contributed by atoms with Gasteiger partial charge in [0.25, 0.3) is 0 Å². The van der Waals surface area contributed by atoms with Crippen LogP contribution in [-0.4, -0.2) is 10.2 Å². The van der Waals surface area contributed by atoms with Gasteiger partial charge in [-0.1, -0.05) is 18.2 Å². The number of aromatic hydroxyl groups is 2. The van der Waals surface area contributed by atoms with Crippen LogP contribution in [-0.2, 0) is 0 Å². The molecule has 2 aromatic carbocycles. The lowest BCUT2D eigenvalue weighted by atomic mass is 10.2. The molecule has 0 aliphatic heterocycles. The molecule has 2 aromatic rings. The predicted octanol–water partition coefficient (Wildman–Crippen LogP) is 3.51. The molecule has 0 saturated carbocycles. The summed E-state index contributed by atoms with van der Waals surface area (Å²) in [6.45, 7) is 3.61. The predicted molar refractivity (Wildman–Crippen MR) is 65.8 cm³/mol. The van der Waals surface area contributed by atoms with Gasteiger partial charge >= 0.3 is 0 Å². The molecule has 0 atom stereocenters. The molecule has 3 nitrogen and oxygen atoms in total. The van der Waals surface area contributed by atoms with Gasteiger partial charge in [0.05, 0.1) is 0 Å². The Bertz CT molecular complexity index is 547. The molecule has 0 amide bonds. The van der Waals surface area contributed by atoms with Gasteiger partial charge < -0.3 is 14.9 Å². The number of para-hydroxylation sites is 1. The summed E-state index contributed by atoms with van der Waals surface area (Å²) < 4.78 is 5.52. The van der Waals surface area contributed by atoms with Crippen LogP contribution < -0.4 is 4.74 Å². The van der Waals surface area contributed by atoms with E-state index in [2.05, 4.69) is 0 Å². The number of hydrogen-bond acceptors (Lipinski definition) is 3. The van der Waals surface area contributed by atoms with Crippen LogP contribution in [0.1, 0.15) is 11.1 Å². The molecule has 0 aliphatic rings. The zero-order valence-corrected chi connectivity index (χ0v) is 9.77. The molecular formula is C14H14O3. The molecule has 0 bridgehead atoms. The summed E-state index contributed by atoms with van der Waals surface area (Å²) in [5.41, 5.74) is 1.53. The van der Waals surface area contributed by atoms with E-state index >= 15 is 0 Å². The zero-order valence-electron chi connectivity index (χ0n) is 9.77. The topological polar surface area (TPSA) is 49.7 Å². The molecule has 17 heavy (non-hydrogen) atoms. The Labute approximate surface area is 99.9 Å². The fourth-order valence-corrected chi connectivity index (χ4v) is 1.49. The average Bonchev–Trinajstić information content (AvgIpc) is 2.30. The quantitative estimate of drug-likeness (QED) is 0.830. The van der Waals surface area contributed by atoms with E-state index in [1.807, 2.05) is 6.92 Å². The maximum atomic E-state index is 9.80.